The van der Waals surface area contributed by atoms with Gasteiger partial charge in [-0.25, -0.2) is 4.39 Å². The minimum Gasteiger partial charge on any atom is -0.398 e. The lowest BCUT2D eigenvalue weighted by molar-refractivity contribution is 0.00578. The van der Waals surface area contributed by atoms with E-state index < -0.39 is 18.3 Å². The second-order valence-corrected chi connectivity index (χ2v) is 7.92. The molecular formula is C22H28BFO3. The highest BCUT2D eigenvalue weighted by Gasteiger charge is 2.53. The van der Waals surface area contributed by atoms with Crippen molar-refractivity contribution in [3.63, 3.8) is 0 Å². The van der Waals surface area contributed by atoms with Gasteiger partial charge in [-0.1, -0.05) is 36.4 Å². The van der Waals surface area contributed by atoms with Crippen LogP contribution in [0.3, 0.4) is 0 Å². The van der Waals surface area contributed by atoms with Crippen LogP contribution in [0, 0.1) is 0 Å². The van der Waals surface area contributed by atoms with Crippen molar-refractivity contribution < 1.29 is 18.4 Å². The van der Waals surface area contributed by atoms with Gasteiger partial charge < -0.3 is 14.0 Å². The molecule has 1 saturated heterocycles. The SMILES string of the molecule is CCOCCC(=C(F)B1OC(C)(C)C(C)(C)O1)c1ccc2ccccc2c1. The largest absolute Gasteiger partial charge is 0.525 e. The Morgan fingerprint density at radius 2 is 1.63 bits per heavy atom. The van der Waals surface area contributed by atoms with E-state index in [1.54, 1.807) is 0 Å². The molecule has 1 aliphatic rings. The number of halogens is 1. The van der Waals surface area contributed by atoms with E-state index in [0.717, 1.165) is 16.3 Å². The summed E-state index contributed by atoms with van der Waals surface area (Å²) in [5.41, 5.74) is -0.121. The standard InChI is InChI=1S/C22H28BFO3/c1-6-25-14-13-19(18-12-11-16-9-7-8-10-17(16)15-18)20(24)23-26-21(2,3)22(4,5)27-23/h7-12,15H,6,13-14H2,1-5H3. The summed E-state index contributed by atoms with van der Waals surface area (Å²) in [7, 11) is -1.00. The summed E-state index contributed by atoms with van der Waals surface area (Å²) in [4.78, 5) is 0. The molecule has 3 nitrogen and oxygen atoms in total. The number of rotatable bonds is 6. The number of ether oxygens (including phenoxy) is 1. The first-order valence-electron chi connectivity index (χ1n) is 9.56. The normalized spacial score (nSPS) is 19.4. The molecule has 0 spiro atoms. The van der Waals surface area contributed by atoms with Crippen LogP contribution in [0.1, 0.15) is 46.6 Å². The van der Waals surface area contributed by atoms with E-state index in [0.29, 0.717) is 25.2 Å². The zero-order chi connectivity index (χ0) is 19.7. The molecule has 144 valence electrons. The molecule has 2 aromatic carbocycles. The number of benzene rings is 2. The Balaban J connectivity index is 2.00. The minimum absolute atomic E-state index is 0.372. The molecule has 0 bridgehead atoms. The second-order valence-electron chi connectivity index (χ2n) is 7.92. The first kappa shape index (κ1) is 20.1. The summed E-state index contributed by atoms with van der Waals surface area (Å²) in [5.74, 6) is 0. The van der Waals surface area contributed by atoms with E-state index in [9.17, 15) is 0 Å². The maximum atomic E-state index is 15.5. The van der Waals surface area contributed by atoms with Gasteiger partial charge in [-0.05, 0) is 69.0 Å². The summed E-state index contributed by atoms with van der Waals surface area (Å²) in [6.07, 6.45) is 0.460. The zero-order valence-electron chi connectivity index (χ0n) is 16.8. The fourth-order valence-electron chi connectivity index (χ4n) is 3.19. The highest BCUT2D eigenvalue weighted by molar-refractivity contribution is 6.55. The number of hydrogen-bond acceptors (Lipinski definition) is 3. The first-order valence-corrected chi connectivity index (χ1v) is 9.56. The third kappa shape index (κ3) is 4.10. The monoisotopic (exact) mass is 370 g/mol. The van der Waals surface area contributed by atoms with Crippen molar-refractivity contribution in [3.8, 4) is 0 Å². The summed E-state index contributed by atoms with van der Waals surface area (Å²) in [5, 5.41) is 2.20. The van der Waals surface area contributed by atoms with Crippen LogP contribution >= 0.6 is 0 Å². The van der Waals surface area contributed by atoms with Crippen molar-refractivity contribution in [3.05, 3.63) is 53.8 Å². The van der Waals surface area contributed by atoms with Crippen molar-refractivity contribution in [2.45, 2.75) is 52.2 Å². The molecule has 5 heteroatoms. The van der Waals surface area contributed by atoms with Crippen LogP contribution in [0.5, 0.6) is 0 Å². The highest BCUT2D eigenvalue weighted by Crippen LogP contribution is 2.40. The second kappa shape index (κ2) is 7.74. The van der Waals surface area contributed by atoms with Crippen LogP contribution in [0.15, 0.2) is 48.2 Å². The average Bonchev–Trinajstić information content (AvgIpc) is 2.85. The van der Waals surface area contributed by atoms with Gasteiger partial charge in [-0.3, -0.25) is 0 Å². The minimum atomic E-state index is -1.00. The lowest BCUT2D eigenvalue weighted by Gasteiger charge is -2.32. The van der Waals surface area contributed by atoms with Crippen molar-refractivity contribution in [1.29, 1.82) is 0 Å². The predicted molar refractivity (Wildman–Crippen MR) is 109 cm³/mol. The highest BCUT2D eigenvalue weighted by atomic mass is 19.1. The summed E-state index contributed by atoms with van der Waals surface area (Å²) in [6, 6.07) is 14.1. The van der Waals surface area contributed by atoms with Gasteiger partial charge >= 0.3 is 7.12 Å². The Morgan fingerprint density at radius 3 is 2.26 bits per heavy atom. The van der Waals surface area contributed by atoms with Crippen LogP contribution in [-0.4, -0.2) is 31.5 Å². The van der Waals surface area contributed by atoms with E-state index in [1.165, 1.54) is 0 Å². The maximum Gasteiger partial charge on any atom is 0.525 e. The van der Waals surface area contributed by atoms with Gasteiger partial charge in [0, 0.05) is 6.61 Å². The van der Waals surface area contributed by atoms with E-state index in [2.05, 4.69) is 0 Å². The molecule has 3 rings (SSSR count). The van der Waals surface area contributed by atoms with Crippen molar-refractivity contribution in [2.24, 2.45) is 0 Å². The van der Waals surface area contributed by atoms with Crippen LogP contribution in [-0.2, 0) is 14.0 Å². The van der Waals surface area contributed by atoms with E-state index in [-0.39, 0.29) is 5.73 Å². The van der Waals surface area contributed by atoms with Gasteiger partial charge in [0.2, 0.25) is 0 Å². The fraction of sp³-hybridized carbons (Fsp3) is 0.455. The Labute approximate surface area is 161 Å². The molecule has 2 aromatic rings. The average molecular weight is 370 g/mol. The molecule has 0 atom stereocenters. The Hall–Kier alpha value is -1.69. The predicted octanol–water partition coefficient (Wildman–Crippen LogP) is 5.58. The van der Waals surface area contributed by atoms with E-state index >= 15 is 4.39 Å². The summed E-state index contributed by atoms with van der Waals surface area (Å²) < 4.78 is 32.9. The lowest BCUT2D eigenvalue weighted by Crippen LogP contribution is -2.41. The van der Waals surface area contributed by atoms with E-state index in [4.69, 9.17) is 14.0 Å². The molecular weight excluding hydrogens is 342 g/mol. The molecule has 27 heavy (non-hydrogen) atoms. The Morgan fingerprint density at radius 1 is 1.00 bits per heavy atom. The maximum absolute atomic E-state index is 15.5. The third-order valence-electron chi connectivity index (χ3n) is 5.55. The van der Waals surface area contributed by atoms with E-state index in [1.807, 2.05) is 77.1 Å². The third-order valence-corrected chi connectivity index (χ3v) is 5.55. The summed E-state index contributed by atoms with van der Waals surface area (Å²) in [6.45, 7) is 10.7. The topological polar surface area (TPSA) is 27.7 Å². The van der Waals surface area contributed by atoms with Gasteiger partial charge in [-0.2, -0.15) is 0 Å². The molecule has 0 amide bonds. The lowest BCUT2D eigenvalue weighted by atomic mass is 9.81. The van der Waals surface area contributed by atoms with Crippen LogP contribution in [0.2, 0.25) is 0 Å². The molecule has 0 unspecified atom stereocenters. The van der Waals surface area contributed by atoms with Crippen LogP contribution < -0.4 is 0 Å². The molecule has 0 N–H and O–H groups in total. The van der Waals surface area contributed by atoms with Gasteiger partial charge in [0.05, 0.1) is 17.8 Å². The quantitative estimate of drug-likeness (QED) is 0.491. The fourth-order valence-corrected chi connectivity index (χ4v) is 3.19. The van der Waals surface area contributed by atoms with Crippen LogP contribution in [0.4, 0.5) is 4.39 Å². The molecule has 0 aromatic heterocycles. The molecule has 1 heterocycles. The number of fused-ring (bicyclic) bond motifs is 1. The zero-order valence-corrected chi connectivity index (χ0v) is 16.8. The van der Waals surface area contributed by atoms with Crippen molar-refractivity contribution in [1.82, 2.24) is 0 Å². The number of hydrogen-bond donors (Lipinski definition) is 0. The molecule has 0 saturated carbocycles. The van der Waals surface area contributed by atoms with Gasteiger partial charge in [0.15, 0.2) is 0 Å². The Bertz CT molecular complexity index is 828. The van der Waals surface area contributed by atoms with Gasteiger partial charge in [0.1, 0.15) is 5.73 Å². The molecule has 0 aliphatic carbocycles. The Kier molecular flexibility index (Phi) is 5.75. The van der Waals surface area contributed by atoms with Crippen LogP contribution in [0.25, 0.3) is 16.3 Å². The molecule has 0 radical (unpaired) electrons. The summed E-state index contributed by atoms with van der Waals surface area (Å²) >= 11 is 0. The molecule has 1 aliphatic heterocycles. The van der Waals surface area contributed by atoms with Gasteiger partial charge in [0.25, 0.3) is 0 Å². The van der Waals surface area contributed by atoms with Gasteiger partial charge in [-0.15, -0.1) is 0 Å². The van der Waals surface area contributed by atoms with Crippen molar-refractivity contribution >= 4 is 23.5 Å². The first-order chi connectivity index (χ1) is 12.7. The molecule has 1 fully saturated rings. The smallest absolute Gasteiger partial charge is 0.398 e. The van der Waals surface area contributed by atoms with Crippen molar-refractivity contribution in [2.75, 3.05) is 13.2 Å².